The SMILES string of the molecule is C=CC(=O)Nc1ccc2oc(=O)ccc2c1. The second kappa shape index (κ2) is 4.02. The summed E-state index contributed by atoms with van der Waals surface area (Å²) in [6.07, 6.45) is 1.19. The van der Waals surface area contributed by atoms with Gasteiger partial charge in [-0.25, -0.2) is 4.79 Å². The first-order valence-corrected chi connectivity index (χ1v) is 4.66. The molecule has 2 aromatic rings. The van der Waals surface area contributed by atoms with E-state index in [4.69, 9.17) is 4.42 Å². The first-order valence-electron chi connectivity index (χ1n) is 4.66. The highest BCUT2D eigenvalue weighted by molar-refractivity contribution is 6.00. The third-order valence-corrected chi connectivity index (χ3v) is 2.07. The molecule has 1 aromatic heterocycles. The average molecular weight is 215 g/mol. The van der Waals surface area contributed by atoms with Crippen molar-refractivity contribution in [2.75, 3.05) is 5.32 Å². The van der Waals surface area contributed by atoms with Crippen molar-refractivity contribution >= 4 is 22.6 Å². The number of hydrogen-bond donors (Lipinski definition) is 1. The summed E-state index contributed by atoms with van der Waals surface area (Å²) in [5.41, 5.74) is 0.728. The average Bonchev–Trinajstić information content (AvgIpc) is 2.29. The molecule has 4 nitrogen and oxygen atoms in total. The summed E-state index contributed by atoms with van der Waals surface area (Å²) in [4.78, 5) is 22.0. The Morgan fingerprint density at radius 3 is 2.88 bits per heavy atom. The number of rotatable bonds is 2. The third-order valence-electron chi connectivity index (χ3n) is 2.07. The van der Waals surface area contributed by atoms with Crippen molar-refractivity contribution in [1.29, 1.82) is 0 Å². The van der Waals surface area contributed by atoms with Gasteiger partial charge in [-0.05, 0) is 30.3 Å². The number of carbonyl (C=O) groups is 1. The van der Waals surface area contributed by atoms with E-state index in [0.717, 1.165) is 5.39 Å². The van der Waals surface area contributed by atoms with E-state index < -0.39 is 5.63 Å². The lowest BCUT2D eigenvalue weighted by molar-refractivity contribution is -0.111. The molecule has 0 radical (unpaired) electrons. The van der Waals surface area contributed by atoms with Gasteiger partial charge in [0, 0.05) is 17.1 Å². The van der Waals surface area contributed by atoms with Gasteiger partial charge in [0.05, 0.1) is 0 Å². The Morgan fingerprint density at radius 2 is 2.12 bits per heavy atom. The van der Waals surface area contributed by atoms with E-state index in [9.17, 15) is 9.59 Å². The van der Waals surface area contributed by atoms with Gasteiger partial charge in [0.15, 0.2) is 0 Å². The predicted octanol–water partition coefficient (Wildman–Crippen LogP) is 1.92. The summed E-state index contributed by atoms with van der Waals surface area (Å²) in [6, 6.07) is 7.99. The summed E-state index contributed by atoms with van der Waals surface area (Å²) in [5, 5.41) is 3.37. The van der Waals surface area contributed by atoms with Crippen LogP contribution in [0.4, 0.5) is 5.69 Å². The van der Waals surface area contributed by atoms with Gasteiger partial charge < -0.3 is 9.73 Å². The summed E-state index contributed by atoms with van der Waals surface area (Å²) in [6.45, 7) is 3.36. The lowest BCUT2D eigenvalue weighted by Gasteiger charge is -2.02. The molecule has 80 valence electrons. The molecule has 0 saturated carbocycles. The first kappa shape index (κ1) is 10.2. The predicted molar refractivity (Wildman–Crippen MR) is 61.3 cm³/mol. The second-order valence-electron chi connectivity index (χ2n) is 3.20. The molecular formula is C12H9NO3. The standard InChI is InChI=1S/C12H9NO3/c1-2-11(14)13-9-4-5-10-8(7-9)3-6-12(15)16-10/h2-7H,1H2,(H,13,14). The van der Waals surface area contributed by atoms with Gasteiger partial charge in [-0.1, -0.05) is 6.58 Å². The highest BCUT2D eigenvalue weighted by Crippen LogP contribution is 2.17. The van der Waals surface area contributed by atoms with E-state index in [2.05, 4.69) is 11.9 Å². The molecule has 0 aliphatic carbocycles. The molecule has 0 bridgehead atoms. The van der Waals surface area contributed by atoms with Crippen LogP contribution in [0.15, 0.2) is 52.2 Å². The number of fused-ring (bicyclic) bond motifs is 1. The zero-order valence-corrected chi connectivity index (χ0v) is 8.40. The molecule has 1 amide bonds. The molecule has 0 aliphatic heterocycles. The lowest BCUT2D eigenvalue weighted by atomic mass is 10.2. The van der Waals surface area contributed by atoms with Crippen LogP contribution in [0.25, 0.3) is 11.0 Å². The molecule has 0 unspecified atom stereocenters. The molecule has 2 rings (SSSR count). The van der Waals surface area contributed by atoms with E-state index in [0.29, 0.717) is 11.3 Å². The van der Waals surface area contributed by atoms with E-state index in [-0.39, 0.29) is 5.91 Å². The van der Waals surface area contributed by atoms with Gasteiger partial charge in [0.2, 0.25) is 5.91 Å². The number of benzene rings is 1. The first-order chi connectivity index (χ1) is 7.69. The topological polar surface area (TPSA) is 59.3 Å². The van der Waals surface area contributed by atoms with Gasteiger partial charge in [0.25, 0.3) is 0 Å². The Balaban J connectivity index is 2.44. The quantitative estimate of drug-likeness (QED) is 0.615. The van der Waals surface area contributed by atoms with Crippen molar-refractivity contribution in [3.8, 4) is 0 Å². The Labute approximate surface area is 91.2 Å². The fraction of sp³-hybridized carbons (Fsp3) is 0. The minimum absolute atomic E-state index is 0.281. The van der Waals surface area contributed by atoms with E-state index in [1.165, 1.54) is 12.1 Å². The van der Waals surface area contributed by atoms with Gasteiger partial charge in [0.1, 0.15) is 5.58 Å². The largest absolute Gasteiger partial charge is 0.423 e. The van der Waals surface area contributed by atoms with Crippen LogP contribution < -0.4 is 10.9 Å². The van der Waals surface area contributed by atoms with Crippen LogP contribution >= 0.6 is 0 Å². The fourth-order valence-electron chi connectivity index (χ4n) is 1.34. The van der Waals surface area contributed by atoms with Crippen LogP contribution in [-0.4, -0.2) is 5.91 Å². The lowest BCUT2D eigenvalue weighted by Crippen LogP contribution is -2.07. The third kappa shape index (κ3) is 2.00. The minimum atomic E-state index is -0.393. The van der Waals surface area contributed by atoms with E-state index in [1.54, 1.807) is 24.3 Å². The molecule has 4 heteroatoms. The Morgan fingerprint density at radius 1 is 1.31 bits per heavy atom. The molecule has 0 aliphatic rings. The maximum atomic E-state index is 11.1. The fourth-order valence-corrected chi connectivity index (χ4v) is 1.34. The van der Waals surface area contributed by atoms with Crippen LogP contribution in [0.5, 0.6) is 0 Å². The van der Waals surface area contributed by atoms with Crippen molar-refractivity contribution in [1.82, 2.24) is 0 Å². The summed E-state index contributed by atoms with van der Waals surface area (Å²) in [5.74, 6) is -0.281. The molecule has 1 heterocycles. The van der Waals surface area contributed by atoms with Crippen molar-refractivity contribution in [3.63, 3.8) is 0 Å². The zero-order valence-electron chi connectivity index (χ0n) is 8.40. The summed E-state index contributed by atoms with van der Waals surface area (Å²) >= 11 is 0. The van der Waals surface area contributed by atoms with Gasteiger partial charge >= 0.3 is 5.63 Å². The van der Waals surface area contributed by atoms with Crippen molar-refractivity contribution < 1.29 is 9.21 Å². The number of amides is 1. The van der Waals surface area contributed by atoms with Crippen LogP contribution in [0, 0.1) is 0 Å². The Bertz CT molecular complexity index is 613. The van der Waals surface area contributed by atoms with Crippen molar-refractivity contribution in [3.05, 3.63) is 53.4 Å². The molecule has 0 spiro atoms. The van der Waals surface area contributed by atoms with Crippen LogP contribution in [0.2, 0.25) is 0 Å². The van der Waals surface area contributed by atoms with E-state index in [1.807, 2.05) is 0 Å². The summed E-state index contributed by atoms with van der Waals surface area (Å²) < 4.78 is 4.96. The van der Waals surface area contributed by atoms with Crippen LogP contribution in [-0.2, 0) is 4.79 Å². The minimum Gasteiger partial charge on any atom is -0.423 e. The highest BCUT2D eigenvalue weighted by Gasteiger charge is 2.00. The van der Waals surface area contributed by atoms with Gasteiger partial charge in [-0.2, -0.15) is 0 Å². The zero-order chi connectivity index (χ0) is 11.5. The number of carbonyl (C=O) groups excluding carboxylic acids is 1. The molecule has 1 N–H and O–H groups in total. The van der Waals surface area contributed by atoms with Gasteiger partial charge in [-0.15, -0.1) is 0 Å². The molecule has 0 saturated heterocycles. The van der Waals surface area contributed by atoms with Crippen LogP contribution in [0.1, 0.15) is 0 Å². The molecule has 0 fully saturated rings. The highest BCUT2D eigenvalue weighted by atomic mass is 16.4. The Hall–Kier alpha value is -2.36. The second-order valence-corrected chi connectivity index (χ2v) is 3.20. The van der Waals surface area contributed by atoms with Crippen molar-refractivity contribution in [2.24, 2.45) is 0 Å². The van der Waals surface area contributed by atoms with Gasteiger partial charge in [-0.3, -0.25) is 4.79 Å². The van der Waals surface area contributed by atoms with Crippen LogP contribution in [0.3, 0.4) is 0 Å². The van der Waals surface area contributed by atoms with E-state index >= 15 is 0 Å². The smallest absolute Gasteiger partial charge is 0.336 e. The monoisotopic (exact) mass is 215 g/mol. The number of anilines is 1. The number of hydrogen-bond acceptors (Lipinski definition) is 3. The molecule has 0 atom stereocenters. The molecule has 16 heavy (non-hydrogen) atoms. The maximum absolute atomic E-state index is 11.1. The Kier molecular flexibility index (Phi) is 2.55. The number of nitrogens with one attached hydrogen (secondary N) is 1. The molecular weight excluding hydrogens is 206 g/mol. The normalized spacial score (nSPS) is 10.0. The maximum Gasteiger partial charge on any atom is 0.336 e. The summed E-state index contributed by atoms with van der Waals surface area (Å²) in [7, 11) is 0. The molecule has 1 aromatic carbocycles. The van der Waals surface area contributed by atoms with Crippen molar-refractivity contribution in [2.45, 2.75) is 0 Å².